The van der Waals surface area contributed by atoms with Crippen molar-refractivity contribution < 1.29 is 40.2 Å². The number of benzene rings is 4. The van der Waals surface area contributed by atoms with Crippen molar-refractivity contribution in [3.05, 3.63) is 117 Å². The topological polar surface area (TPSA) is 165 Å². The third-order valence-corrected chi connectivity index (χ3v) is 8.75. The van der Waals surface area contributed by atoms with E-state index in [0.29, 0.717) is 45.1 Å². The number of aliphatic carboxylic acids is 2. The first-order valence-electron chi connectivity index (χ1n) is 13.9. The minimum atomic E-state index is -1.01. The Morgan fingerprint density at radius 3 is 1.50 bits per heavy atom. The van der Waals surface area contributed by atoms with E-state index in [1.54, 1.807) is 77.4 Å². The van der Waals surface area contributed by atoms with Crippen LogP contribution in [0.2, 0.25) is 5.15 Å². The van der Waals surface area contributed by atoms with Gasteiger partial charge in [0.05, 0.1) is 28.5 Å². The Morgan fingerprint density at radius 2 is 1.02 bits per heavy atom. The van der Waals surface area contributed by atoms with Gasteiger partial charge in [0.25, 0.3) is 0 Å². The molecule has 0 aliphatic carbocycles. The molecular formula is C34H28BrClN2O8. The molecule has 0 aliphatic rings. The van der Waals surface area contributed by atoms with Crippen LogP contribution in [0.1, 0.15) is 22.3 Å². The van der Waals surface area contributed by atoms with Gasteiger partial charge in [0.15, 0.2) is 0 Å². The number of carboxylic acids is 2. The maximum atomic E-state index is 11.1. The van der Waals surface area contributed by atoms with Gasteiger partial charge in [0.2, 0.25) is 0 Å². The van der Waals surface area contributed by atoms with Crippen LogP contribution in [0.15, 0.2) is 89.5 Å². The summed E-state index contributed by atoms with van der Waals surface area (Å²) in [6.45, 7) is 0.888. The maximum absolute atomic E-state index is 11.1. The highest BCUT2D eigenvalue weighted by Gasteiger charge is 2.21. The van der Waals surface area contributed by atoms with Crippen LogP contribution in [0.25, 0.3) is 21.8 Å². The van der Waals surface area contributed by atoms with Crippen LogP contribution in [0.3, 0.4) is 0 Å². The number of halogens is 2. The maximum Gasteiger partial charge on any atom is 0.307 e. The molecule has 2 heterocycles. The number of nitrogens with zero attached hydrogens (tertiary/aromatic N) is 2. The van der Waals surface area contributed by atoms with Crippen LogP contribution in [0.5, 0.6) is 23.0 Å². The number of hydrogen-bond donors (Lipinski definition) is 6. The van der Waals surface area contributed by atoms with Gasteiger partial charge in [-0.05, 0) is 75.6 Å². The zero-order chi connectivity index (χ0) is 33.1. The Bertz CT molecular complexity index is 1920. The number of aromatic hydroxyl groups is 4. The Labute approximate surface area is 275 Å². The summed E-state index contributed by atoms with van der Waals surface area (Å²) in [5, 5.41) is 58.5. The second kappa shape index (κ2) is 13.5. The van der Waals surface area contributed by atoms with Crippen LogP contribution in [-0.4, -0.2) is 51.7 Å². The third kappa shape index (κ3) is 6.75. The van der Waals surface area contributed by atoms with Gasteiger partial charge in [0.1, 0.15) is 28.2 Å². The minimum absolute atomic E-state index is 0.00473. The van der Waals surface area contributed by atoms with Gasteiger partial charge < -0.3 is 39.8 Å². The molecule has 6 rings (SSSR count). The quantitative estimate of drug-likeness (QED) is 0.0998. The van der Waals surface area contributed by atoms with Gasteiger partial charge in [-0.25, -0.2) is 0 Å². The van der Waals surface area contributed by atoms with Gasteiger partial charge in [-0.15, -0.1) is 0 Å². The van der Waals surface area contributed by atoms with Gasteiger partial charge >= 0.3 is 11.9 Å². The monoisotopic (exact) mass is 706 g/mol. The molecule has 0 unspecified atom stereocenters. The summed E-state index contributed by atoms with van der Waals surface area (Å²) in [5.74, 6) is -1.55. The average Bonchev–Trinajstić information content (AvgIpc) is 3.42. The number of hydrogen-bond acceptors (Lipinski definition) is 6. The van der Waals surface area contributed by atoms with Crippen molar-refractivity contribution in [3.63, 3.8) is 0 Å². The average molecular weight is 708 g/mol. The fourth-order valence-corrected chi connectivity index (χ4v) is 6.34. The molecule has 0 radical (unpaired) electrons. The summed E-state index contributed by atoms with van der Waals surface area (Å²) in [4.78, 5) is 22.2. The molecule has 6 N–H and O–H groups in total. The molecule has 0 aliphatic heterocycles. The highest BCUT2D eigenvalue weighted by atomic mass is 79.9. The van der Waals surface area contributed by atoms with Crippen LogP contribution in [0.4, 0.5) is 0 Å². The van der Waals surface area contributed by atoms with Crippen molar-refractivity contribution in [1.29, 1.82) is 0 Å². The van der Waals surface area contributed by atoms with Crippen molar-refractivity contribution in [2.75, 3.05) is 0 Å². The van der Waals surface area contributed by atoms with Gasteiger partial charge in [-0.3, -0.25) is 9.59 Å². The molecule has 0 saturated carbocycles. The molecule has 46 heavy (non-hydrogen) atoms. The predicted octanol–water partition coefficient (Wildman–Crippen LogP) is 6.87. The van der Waals surface area contributed by atoms with Crippen LogP contribution in [-0.2, 0) is 35.5 Å². The van der Waals surface area contributed by atoms with E-state index >= 15 is 0 Å². The molecule has 0 bridgehead atoms. The summed E-state index contributed by atoms with van der Waals surface area (Å²) < 4.78 is 4.28. The van der Waals surface area contributed by atoms with Crippen molar-refractivity contribution >= 4 is 61.3 Å². The molecule has 6 aromatic rings. The summed E-state index contributed by atoms with van der Waals surface area (Å²) >= 11 is 9.86. The normalized spacial score (nSPS) is 11.0. The van der Waals surface area contributed by atoms with Gasteiger partial charge in [-0.2, -0.15) is 0 Å². The summed E-state index contributed by atoms with van der Waals surface area (Å²) in [5.41, 5.74) is 4.20. The fraction of sp³-hybridized carbons (Fsp3) is 0.118. The third-order valence-electron chi connectivity index (χ3n) is 7.41. The fourth-order valence-electron chi connectivity index (χ4n) is 5.37. The molecule has 236 valence electrons. The zero-order valence-electron chi connectivity index (χ0n) is 24.1. The smallest absolute Gasteiger partial charge is 0.307 e. The predicted molar refractivity (Wildman–Crippen MR) is 177 cm³/mol. The van der Waals surface area contributed by atoms with E-state index in [2.05, 4.69) is 15.9 Å². The standard InChI is InChI=1S/C17H14BrNO4.C17H14ClNO4/c2*18-17-12(8-15(22)23)16-13(2-1-3-14(16)21)19(17)9-10-4-6-11(20)7-5-10/h2*1-7,20-21H,8-9H2,(H,22,23). The summed E-state index contributed by atoms with van der Waals surface area (Å²) in [6, 6.07) is 23.6. The number of rotatable bonds is 8. The van der Waals surface area contributed by atoms with Crippen molar-refractivity contribution in [2.24, 2.45) is 0 Å². The Hall–Kier alpha value is -5.13. The van der Waals surface area contributed by atoms with E-state index in [4.69, 9.17) is 21.8 Å². The molecule has 2 aromatic heterocycles. The van der Waals surface area contributed by atoms with Crippen molar-refractivity contribution in [3.8, 4) is 23.0 Å². The minimum Gasteiger partial charge on any atom is -0.508 e. The lowest BCUT2D eigenvalue weighted by Crippen LogP contribution is -2.02. The lowest BCUT2D eigenvalue weighted by molar-refractivity contribution is -0.137. The Morgan fingerprint density at radius 1 is 0.609 bits per heavy atom. The van der Waals surface area contributed by atoms with E-state index in [1.807, 2.05) is 10.6 Å². The molecule has 0 fully saturated rings. The lowest BCUT2D eigenvalue weighted by atomic mass is 10.1. The van der Waals surface area contributed by atoms with Crippen LogP contribution in [0, 0.1) is 0 Å². The molecule has 0 atom stereocenters. The second-order valence-electron chi connectivity index (χ2n) is 10.5. The zero-order valence-corrected chi connectivity index (χ0v) is 26.4. The van der Waals surface area contributed by atoms with E-state index in [-0.39, 0.29) is 41.0 Å². The number of carbonyl (C=O) groups is 2. The van der Waals surface area contributed by atoms with E-state index in [1.165, 1.54) is 6.07 Å². The molecular weight excluding hydrogens is 680 g/mol. The number of phenolic OH excluding ortho intramolecular Hbond substituents is 4. The molecule has 10 nitrogen and oxygen atoms in total. The first kappa shape index (κ1) is 32.3. The first-order chi connectivity index (χ1) is 21.9. The Balaban J connectivity index is 0.000000181. The van der Waals surface area contributed by atoms with Crippen LogP contribution >= 0.6 is 27.5 Å². The molecule has 0 spiro atoms. The number of phenols is 4. The van der Waals surface area contributed by atoms with E-state index in [0.717, 1.165) is 16.6 Å². The molecule has 4 aromatic carbocycles. The van der Waals surface area contributed by atoms with Crippen molar-refractivity contribution in [2.45, 2.75) is 25.9 Å². The number of carboxylic acid groups (broad SMARTS) is 2. The SMILES string of the molecule is O=C(O)Cc1c(Br)n(Cc2ccc(O)cc2)c2cccc(O)c12.O=C(O)Cc1c(Cl)n(Cc2ccc(O)cc2)c2cccc(O)c12. The van der Waals surface area contributed by atoms with Crippen LogP contribution < -0.4 is 0 Å². The van der Waals surface area contributed by atoms with Gasteiger partial charge in [-0.1, -0.05) is 48.0 Å². The van der Waals surface area contributed by atoms with Crippen molar-refractivity contribution in [1.82, 2.24) is 9.13 Å². The summed E-state index contributed by atoms with van der Waals surface area (Å²) in [6.07, 6.45) is -0.452. The second-order valence-corrected chi connectivity index (χ2v) is 11.6. The largest absolute Gasteiger partial charge is 0.508 e. The molecule has 0 amide bonds. The van der Waals surface area contributed by atoms with Gasteiger partial charge in [0, 0.05) is 35.0 Å². The summed E-state index contributed by atoms with van der Waals surface area (Å²) in [7, 11) is 0. The van der Waals surface area contributed by atoms with E-state index in [9.17, 15) is 30.0 Å². The lowest BCUT2D eigenvalue weighted by Gasteiger charge is -2.08. The highest BCUT2D eigenvalue weighted by molar-refractivity contribution is 9.10. The highest BCUT2D eigenvalue weighted by Crippen LogP contribution is 2.38. The Kier molecular flexibility index (Phi) is 9.45. The molecule has 0 saturated heterocycles. The van der Waals surface area contributed by atoms with E-state index < -0.39 is 11.9 Å². The first-order valence-corrected chi connectivity index (χ1v) is 15.1. The molecule has 12 heteroatoms. The number of aromatic nitrogens is 2. The number of fused-ring (bicyclic) bond motifs is 2.